The molecule has 11 rings (SSSR count). The Labute approximate surface area is 293 Å². The minimum absolute atomic E-state index is 1.01. The number of aromatic nitrogens is 4. The number of benzene rings is 7. The fraction of sp³-hybridized carbons (Fsp3) is 0. The molecule has 4 heterocycles. The molecule has 0 saturated carbocycles. The highest BCUT2D eigenvalue weighted by molar-refractivity contribution is 6.28. The van der Waals surface area contributed by atoms with E-state index in [0.29, 0.717) is 0 Å². The Morgan fingerprint density at radius 3 is 1.43 bits per heavy atom. The predicted octanol–water partition coefficient (Wildman–Crippen LogP) is 12.0. The van der Waals surface area contributed by atoms with Gasteiger partial charge in [0.15, 0.2) is 0 Å². The van der Waals surface area contributed by atoms with E-state index in [4.69, 9.17) is 4.98 Å². The van der Waals surface area contributed by atoms with Crippen LogP contribution < -0.4 is 0 Å². The van der Waals surface area contributed by atoms with Crippen molar-refractivity contribution in [3.63, 3.8) is 0 Å². The van der Waals surface area contributed by atoms with Crippen molar-refractivity contribution in [3.8, 4) is 28.2 Å². The van der Waals surface area contributed by atoms with Crippen LogP contribution in [0.25, 0.3) is 93.7 Å². The summed E-state index contributed by atoms with van der Waals surface area (Å²) in [6.07, 6.45) is 1.91. The molecule has 0 aliphatic heterocycles. The van der Waals surface area contributed by atoms with Gasteiger partial charge in [0.1, 0.15) is 0 Å². The van der Waals surface area contributed by atoms with Crippen LogP contribution in [-0.4, -0.2) is 18.7 Å². The highest BCUT2D eigenvalue weighted by Gasteiger charge is 2.21. The zero-order valence-electron chi connectivity index (χ0n) is 27.6. The van der Waals surface area contributed by atoms with Crippen LogP contribution in [0.1, 0.15) is 0 Å². The molecule has 4 nitrogen and oxygen atoms in total. The fourth-order valence-electron chi connectivity index (χ4n) is 8.36. The summed E-state index contributed by atoms with van der Waals surface area (Å²) in [5.74, 6) is 0. The highest BCUT2D eigenvalue weighted by atomic mass is 15.0. The van der Waals surface area contributed by atoms with Crippen molar-refractivity contribution >= 4 is 65.5 Å². The van der Waals surface area contributed by atoms with Crippen LogP contribution in [0.3, 0.4) is 0 Å². The van der Waals surface area contributed by atoms with Crippen LogP contribution in [0.5, 0.6) is 0 Å². The number of hydrogen-bond donors (Lipinski definition) is 0. The molecule has 0 N–H and O–H groups in total. The molecule has 0 aliphatic carbocycles. The first kappa shape index (κ1) is 28.0. The van der Waals surface area contributed by atoms with Gasteiger partial charge in [-0.15, -0.1) is 0 Å². The van der Waals surface area contributed by atoms with Crippen LogP contribution in [0.15, 0.2) is 182 Å². The van der Waals surface area contributed by atoms with Gasteiger partial charge in [0.05, 0.1) is 38.6 Å². The Bertz CT molecular complexity index is 3090. The van der Waals surface area contributed by atoms with Crippen LogP contribution in [0.4, 0.5) is 0 Å². The number of para-hydroxylation sites is 4. The maximum Gasteiger partial charge on any atom is 0.0970 e. The molecule has 11 aromatic rings. The summed E-state index contributed by atoms with van der Waals surface area (Å²) in [7, 11) is 0. The quantitative estimate of drug-likeness (QED) is 0.186. The predicted molar refractivity (Wildman–Crippen MR) is 213 cm³/mol. The average molecular weight is 651 g/mol. The summed E-state index contributed by atoms with van der Waals surface area (Å²) in [6, 6.07) is 63.3. The van der Waals surface area contributed by atoms with Crippen LogP contribution in [0, 0.1) is 0 Å². The maximum absolute atomic E-state index is 5.03. The molecule has 4 heteroatoms. The second kappa shape index (κ2) is 10.8. The minimum Gasteiger partial charge on any atom is -0.309 e. The van der Waals surface area contributed by atoms with Crippen molar-refractivity contribution in [1.82, 2.24) is 18.7 Å². The maximum atomic E-state index is 5.03. The number of rotatable bonds is 4. The summed E-state index contributed by atoms with van der Waals surface area (Å²) in [5.41, 5.74) is 13.8. The largest absolute Gasteiger partial charge is 0.309 e. The molecule has 0 aliphatic rings. The minimum atomic E-state index is 1.01. The first-order valence-corrected chi connectivity index (χ1v) is 17.4. The Kier molecular flexibility index (Phi) is 5.92. The van der Waals surface area contributed by atoms with Gasteiger partial charge in [-0.25, -0.2) is 0 Å². The summed E-state index contributed by atoms with van der Waals surface area (Å²) >= 11 is 0. The van der Waals surface area contributed by atoms with Gasteiger partial charge in [-0.05, 0) is 90.0 Å². The molecule has 0 fully saturated rings. The first-order chi connectivity index (χ1) is 25.3. The lowest BCUT2D eigenvalue weighted by Gasteiger charge is -2.13. The monoisotopic (exact) mass is 650 g/mol. The standard InChI is InChI=1S/C47H30N4/c1-2-15-33(16-3-1)49-41-24-9-6-21-38(41)45-42(49)26-27-43-46(45)47-44(25-12-28-48-47)51(43)35-18-11-14-32(30-35)31-13-10-17-34(29-31)50-39-22-7-4-19-36(39)37-20-5-8-23-40(37)50/h1-30H. The van der Waals surface area contributed by atoms with E-state index in [2.05, 4.69) is 184 Å². The van der Waals surface area contributed by atoms with Gasteiger partial charge in [-0.3, -0.25) is 4.98 Å². The fourth-order valence-corrected chi connectivity index (χ4v) is 8.36. The third-order valence-corrected chi connectivity index (χ3v) is 10.5. The van der Waals surface area contributed by atoms with E-state index in [-0.39, 0.29) is 0 Å². The number of fused-ring (bicyclic) bond motifs is 10. The summed E-state index contributed by atoms with van der Waals surface area (Å²) in [5, 5.41) is 6.16. The first-order valence-electron chi connectivity index (χ1n) is 17.4. The van der Waals surface area contributed by atoms with Crippen molar-refractivity contribution in [2.75, 3.05) is 0 Å². The van der Waals surface area contributed by atoms with Gasteiger partial charge in [-0.1, -0.05) is 97.1 Å². The Morgan fingerprint density at radius 1 is 0.314 bits per heavy atom. The van der Waals surface area contributed by atoms with E-state index in [9.17, 15) is 0 Å². The topological polar surface area (TPSA) is 27.7 Å². The van der Waals surface area contributed by atoms with E-state index in [1.165, 1.54) is 54.6 Å². The Morgan fingerprint density at radius 2 is 0.784 bits per heavy atom. The van der Waals surface area contributed by atoms with E-state index in [0.717, 1.165) is 39.2 Å². The summed E-state index contributed by atoms with van der Waals surface area (Å²) < 4.78 is 7.14. The van der Waals surface area contributed by atoms with E-state index < -0.39 is 0 Å². The molecule has 7 aromatic carbocycles. The second-order valence-electron chi connectivity index (χ2n) is 13.2. The van der Waals surface area contributed by atoms with Gasteiger partial charge in [0, 0.05) is 50.2 Å². The molecule has 0 saturated heterocycles. The molecule has 0 bridgehead atoms. The second-order valence-corrected chi connectivity index (χ2v) is 13.2. The molecule has 0 spiro atoms. The van der Waals surface area contributed by atoms with Crippen LogP contribution in [-0.2, 0) is 0 Å². The molecule has 0 amide bonds. The van der Waals surface area contributed by atoms with E-state index >= 15 is 0 Å². The van der Waals surface area contributed by atoms with Gasteiger partial charge in [0.25, 0.3) is 0 Å². The van der Waals surface area contributed by atoms with Crippen molar-refractivity contribution in [2.24, 2.45) is 0 Å². The molecule has 0 unspecified atom stereocenters. The van der Waals surface area contributed by atoms with Gasteiger partial charge in [0.2, 0.25) is 0 Å². The van der Waals surface area contributed by atoms with Crippen molar-refractivity contribution in [1.29, 1.82) is 0 Å². The molecular weight excluding hydrogens is 621 g/mol. The average Bonchev–Trinajstić information content (AvgIpc) is 3.84. The Hall–Kier alpha value is -6.91. The summed E-state index contributed by atoms with van der Waals surface area (Å²) in [4.78, 5) is 5.03. The molecule has 4 aromatic heterocycles. The lowest BCUT2D eigenvalue weighted by atomic mass is 10.0. The van der Waals surface area contributed by atoms with Crippen LogP contribution in [0.2, 0.25) is 0 Å². The number of nitrogens with zero attached hydrogens (tertiary/aromatic N) is 4. The number of hydrogen-bond acceptors (Lipinski definition) is 1. The van der Waals surface area contributed by atoms with Gasteiger partial charge >= 0.3 is 0 Å². The highest BCUT2D eigenvalue weighted by Crippen LogP contribution is 2.42. The third kappa shape index (κ3) is 4.05. The van der Waals surface area contributed by atoms with E-state index in [1.54, 1.807) is 0 Å². The van der Waals surface area contributed by atoms with Crippen LogP contribution >= 0.6 is 0 Å². The molecule has 51 heavy (non-hydrogen) atoms. The third-order valence-electron chi connectivity index (χ3n) is 10.5. The zero-order chi connectivity index (χ0) is 33.5. The lowest BCUT2D eigenvalue weighted by molar-refractivity contribution is 1.17. The molecule has 238 valence electrons. The Balaban J connectivity index is 1.13. The van der Waals surface area contributed by atoms with Gasteiger partial charge < -0.3 is 13.7 Å². The zero-order valence-corrected chi connectivity index (χ0v) is 27.6. The van der Waals surface area contributed by atoms with Crippen molar-refractivity contribution < 1.29 is 0 Å². The summed E-state index contributed by atoms with van der Waals surface area (Å²) in [6.45, 7) is 0. The van der Waals surface area contributed by atoms with Crippen molar-refractivity contribution in [3.05, 3.63) is 182 Å². The van der Waals surface area contributed by atoms with Crippen molar-refractivity contribution in [2.45, 2.75) is 0 Å². The smallest absolute Gasteiger partial charge is 0.0970 e. The number of pyridine rings is 1. The normalized spacial score (nSPS) is 11.9. The molecule has 0 radical (unpaired) electrons. The van der Waals surface area contributed by atoms with Gasteiger partial charge in [-0.2, -0.15) is 0 Å². The molecule has 0 atom stereocenters. The molecular formula is C47H30N4. The van der Waals surface area contributed by atoms with E-state index in [1.807, 2.05) is 12.3 Å². The SMILES string of the molecule is c1ccc(-n2c3ccccc3c3c4c5ncccc5n(-c5cccc(-c6cccc(-n7c8ccccc8c8ccccc87)c6)c5)c4ccc32)cc1. The lowest BCUT2D eigenvalue weighted by Crippen LogP contribution is -1.96.